The molecule has 16 heavy (non-hydrogen) atoms. The Morgan fingerprint density at radius 2 is 2.06 bits per heavy atom. The average molecular weight is 226 g/mol. The Morgan fingerprint density at radius 1 is 1.31 bits per heavy atom. The van der Waals surface area contributed by atoms with Crippen molar-refractivity contribution in [2.24, 2.45) is 11.7 Å². The third-order valence-electron chi connectivity index (χ3n) is 4.49. The van der Waals surface area contributed by atoms with Gasteiger partial charge in [-0.15, -0.1) is 0 Å². The maximum absolute atomic E-state index is 5.85. The first-order valence-corrected chi connectivity index (χ1v) is 6.79. The molecule has 2 aliphatic carbocycles. The lowest BCUT2D eigenvalue weighted by atomic mass is 9.86. The van der Waals surface area contributed by atoms with E-state index in [0.29, 0.717) is 6.10 Å². The van der Waals surface area contributed by atoms with E-state index < -0.39 is 0 Å². The molecule has 2 fully saturated rings. The van der Waals surface area contributed by atoms with Crippen LogP contribution in [0.2, 0.25) is 0 Å². The van der Waals surface area contributed by atoms with Crippen LogP contribution in [0.15, 0.2) is 0 Å². The molecular formula is C13H26N2O. The highest BCUT2D eigenvalue weighted by atomic mass is 16.5. The van der Waals surface area contributed by atoms with Crippen molar-refractivity contribution in [3.05, 3.63) is 0 Å². The molecule has 2 rings (SSSR count). The molecule has 0 saturated heterocycles. The minimum atomic E-state index is 0.523. The Balaban J connectivity index is 1.78. The van der Waals surface area contributed by atoms with Gasteiger partial charge in [0.05, 0.1) is 6.10 Å². The normalized spacial score (nSPS) is 39.0. The fourth-order valence-electron chi connectivity index (χ4n) is 3.34. The number of hydrogen-bond acceptors (Lipinski definition) is 3. The quantitative estimate of drug-likeness (QED) is 0.774. The van der Waals surface area contributed by atoms with Crippen LogP contribution in [0, 0.1) is 5.92 Å². The fraction of sp³-hybridized carbons (Fsp3) is 1.00. The Bertz CT molecular complexity index is 216. The van der Waals surface area contributed by atoms with E-state index in [1.54, 1.807) is 0 Å². The summed E-state index contributed by atoms with van der Waals surface area (Å²) in [6.45, 7) is 3.80. The van der Waals surface area contributed by atoms with Gasteiger partial charge in [0.25, 0.3) is 0 Å². The minimum absolute atomic E-state index is 0.523. The van der Waals surface area contributed by atoms with E-state index in [9.17, 15) is 0 Å². The van der Waals surface area contributed by atoms with Crippen LogP contribution in [0.4, 0.5) is 0 Å². The molecule has 0 aliphatic heterocycles. The first kappa shape index (κ1) is 12.3. The van der Waals surface area contributed by atoms with E-state index in [2.05, 4.69) is 18.9 Å². The highest BCUT2D eigenvalue weighted by molar-refractivity contribution is 4.93. The van der Waals surface area contributed by atoms with Gasteiger partial charge < -0.3 is 10.5 Å². The summed E-state index contributed by atoms with van der Waals surface area (Å²) in [5.41, 5.74) is 5.85. The molecule has 94 valence electrons. The molecule has 0 radical (unpaired) electrons. The molecule has 2 aliphatic rings. The maximum Gasteiger partial charge on any atom is 0.0604 e. The van der Waals surface area contributed by atoms with Crippen LogP contribution < -0.4 is 5.73 Å². The molecule has 0 bridgehead atoms. The van der Waals surface area contributed by atoms with Gasteiger partial charge in [-0.1, -0.05) is 6.42 Å². The first-order chi connectivity index (χ1) is 7.76. The third-order valence-corrected chi connectivity index (χ3v) is 4.49. The van der Waals surface area contributed by atoms with Gasteiger partial charge in [-0.3, -0.25) is 4.90 Å². The molecule has 2 N–H and O–H groups in total. The van der Waals surface area contributed by atoms with Gasteiger partial charge in [0.2, 0.25) is 0 Å². The number of ether oxygens (including phenoxy) is 1. The summed E-state index contributed by atoms with van der Waals surface area (Å²) in [5.74, 6) is 0.733. The van der Waals surface area contributed by atoms with Gasteiger partial charge in [-0.25, -0.2) is 0 Å². The largest absolute Gasteiger partial charge is 0.378 e. The van der Waals surface area contributed by atoms with E-state index >= 15 is 0 Å². The summed E-state index contributed by atoms with van der Waals surface area (Å²) < 4.78 is 5.62. The van der Waals surface area contributed by atoms with E-state index in [4.69, 9.17) is 10.5 Å². The molecule has 0 spiro atoms. The predicted octanol–water partition coefficient (Wildman–Crippen LogP) is 1.61. The molecule has 3 heteroatoms. The first-order valence-electron chi connectivity index (χ1n) is 6.79. The van der Waals surface area contributed by atoms with Crippen molar-refractivity contribution in [2.45, 2.75) is 57.2 Å². The Labute approximate surface area is 99.3 Å². The highest BCUT2D eigenvalue weighted by Gasteiger charge is 2.38. The zero-order chi connectivity index (χ0) is 11.5. The zero-order valence-corrected chi connectivity index (χ0v) is 10.7. The van der Waals surface area contributed by atoms with Gasteiger partial charge in [-0.05, 0) is 52.1 Å². The summed E-state index contributed by atoms with van der Waals surface area (Å²) in [6.07, 6.45) is 6.99. The number of nitrogens with zero attached hydrogens (tertiary/aromatic N) is 1. The molecule has 0 aromatic heterocycles. The molecule has 2 unspecified atom stereocenters. The van der Waals surface area contributed by atoms with Gasteiger partial charge >= 0.3 is 0 Å². The van der Waals surface area contributed by atoms with Crippen LogP contribution >= 0.6 is 0 Å². The molecule has 3 nitrogen and oxygen atoms in total. The molecule has 2 atom stereocenters. The van der Waals surface area contributed by atoms with Crippen LogP contribution in [0.5, 0.6) is 0 Å². The standard InChI is InChI=1S/C13H26N2O/c1-3-16-12-7-11(8-12)15(2)13-6-4-5-10(13)9-14/h10-13H,3-9,14H2,1-2H3. The van der Waals surface area contributed by atoms with Crippen molar-refractivity contribution in [2.75, 3.05) is 20.2 Å². The Hall–Kier alpha value is -0.120. The SMILES string of the molecule is CCOC1CC(N(C)C2CCCC2CN)C1. The van der Waals surface area contributed by atoms with Crippen molar-refractivity contribution >= 4 is 0 Å². The molecule has 0 aromatic carbocycles. The minimum Gasteiger partial charge on any atom is -0.378 e. The number of nitrogens with two attached hydrogens (primary N) is 1. The lowest BCUT2D eigenvalue weighted by Gasteiger charge is -2.44. The second kappa shape index (κ2) is 5.48. The van der Waals surface area contributed by atoms with E-state index in [0.717, 1.165) is 31.2 Å². The summed E-state index contributed by atoms with van der Waals surface area (Å²) in [6, 6.07) is 1.48. The van der Waals surface area contributed by atoms with Gasteiger partial charge in [0, 0.05) is 18.7 Å². The predicted molar refractivity (Wildman–Crippen MR) is 66.4 cm³/mol. The molecular weight excluding hydrogens is 200 g/mol. The van der Waals surface area contributed by atoms with Crippen LogP contribution in [-0.2, 0) is 4.74 Å². The van der Waals surface area contributed by atoms with Crippen molar-refractivity contribution < 1.29 is 4.74 Å². The zero-order valence-electron chi connectivity index (χ0n) is 10.7. The van der Waals surface area contributed by atoms with E-state index in [-0.39, 0.29) is 0 Å². The lowest BCUT2D eigenvalue weighted by molar-refractivity contribution is -0.0531. The van der Waals surface area contributed by atoms with Crippen molar-refractivity contribution in [3.8, 4) is 0 Å². The van der Waals surface area contributed by atoms with Gasteiger partial charge in [0.15, 0.2) is 0 Å². The highest BCUT2D eigenvalue weighted by Crippen LogP contribution is 2.35. The number of hydrogen-bond donors (Lipinski definition) is 1. The summed E-state index contributed by atoms with van der Waals surface area (Å²) in [5, 5.41) is 0. The molecule has 0 heterocycles. The summed E-state index contributed by atoms with van der Waals surface area (Å²) in [4.78, 5) is 2.58. The Morgan fingerprint density at radius 3 is 2.69 bits per heavy atom. The van der Waals surface area contributed by atoms with Crippen LogP contribution in [-0.4, -0.2) is 43.3 Å². The Kier molecular flexibility index (Phi) is 4.22. The second-order valence-corrected chi connectivity index (χ2v) is 5.36. The fourth-order valence-corrected chi connectivity index (χ4v) is 3.34. The average Bonchev–Trinajstić information content (AvgIpc) is 2.69. The van der Waals surface area contributed by atoms with Crippen molar-refractivity contribution in [3.63, 3.8) is 0 Å². The van der Waals surface area contributed by atoms with Crippen molar-refractivity contribution in [1.29, 1.82) is 0 Å². The van der Waals surface area contributed by atoms with Crippen LogP contribution in [0.1, 0.15) is 39.0 Å². The van der Waals surface area contributed by atoms with Gasteiger partial charge in [-0.2, -0.15) is 0 Å². The third kappa shape index (κ3) is 2.41. The smallest absolute Gasteiger partial charge is 0.0604 e. The van der Waals surface area contributed by atoms with Crippen LogP contribution in [0.25, 0.3) is 0 Å². The monoisotopic (exact) mass is 226 g/mol. The topological polar surface area (TPSA) is 38.5 Å². The van der Waals surface area contributed by atoms with E-state index in [1.807, 2.05) is 0 Å². The second-order valence-electron chi connectivity index (χ2n) is 5.36. The van der Waals surface area contributed by atoms with Gasteiger partial charge in [0.1, 0.15) is 0 Å². The molecule has 2 saturated carbocycles. The lowest BCUT2D eigenvalue weighted by Crippen LogP contribution is -2.52. The number of rotatable bonds is 5. The van der Waals surface area contributed by atoms with Crippen LogP contribution in [0.3, 0.4) is 0 Å². The maximum atomic E-state index is 5.85. The van der Waals surface area contributed by atoms with E-state index in [1.165, 1.54) is 32.1 Å². The molecule has 0 amide bonds. The summed E-state index contributed by atoms with van der Waals surface area (Å²) >= 11 is 0. The summed E-state index contributed by atoms with van der Waals surface area (Å²) in [7, 11) is 2.28. The van der Waals surface area contributed by atoms with Crippen molar-refractivity contribution in [1.82, 2.24) is 4.90 Å². The molecule has 0 aromatic rings.